The van der Waals surface area contributed by atoms with Crippen LogP contribution in [0, 0.1) is 0 Å². The number of hydrogen-bond acceptors (Lipinski definition) is 4. The quantitative estimate of drug-likeness (QED) is 0.678. The average Bonchev–Trinajstić information content (AvgIpc) is 3.05. The molecular weight excluding hydrogens is 266 g/mol. The summed E-state index contributed by atoms with van der Waals surface area (Å²) in [6.45, 7) is 0.784. The van der Waals surface area contributed by atoms with Crippen molar-refractivity contribution in [3.63, 3.8) is 0 Å². The second kappa shape index (κ2) is 6.36. The predicted octanol–water partition coefficient (Wildman–Crippen LogP) is 1.46. The molecule has 5 nitrogen and oxygen atoms in total. The number of imidazole rings is 2. The lowest BCUT2D eigenvalue weighted by Crippen LogP contribution is -2.28. The zero-order chi connectivity index (χ0) is 12.8. The lowest BCUT2D eigenvalue weighted by molar-refractivity contribution is 0.788. The van der Waals surface area contributed by atoms with Crippen molar-refractivity contribution in [2.75, 3.05) is 6.54 Å². The van der Waals surface area contributed by atoms with Crippen LogP contribution in [0.3, 0.4) is 0 Å². The standard InChI is InChI=1S/C11H13N5S2/c17-10(15-6-4-12-8-15)2-1-3-14-11(18)16-7-5-13-9-16/h4-9H,1-3H2,(H,14,18). The van der Waals surface area contributed by atoms with Gasteiger partial charge in [-0.2, -0.15) is 0 Å². The van der Waals surface area contributed by atoms with Gasteiger partial charge < -0.3 is 9.88 Å². The molecule has 0 radical (unpaired) electrons. The van der Waals surface area contributed by atoms with Crippen LogP contribution in [0.5, 0.6) is 0 Å². The zero-order valence-electron chi connectivity index (χ0n) is 9.69. The Balaban J connectivity index is 1.67. The van der Waals surface area contributed by atoms with E-state index < -0.39 is 0 Å². The summed E-state index contributed by atoms with van der Waals surface area (Å²) in [6.07, 6.45) is 12.2. The van der Waals surface area contributed by atoms with E-state index >= 15 is 0 Å². The van der Waals surface area contributed by atoms with Crippen molar-refractivity contribution in [2.45, 2.75) is 12.8 Å². The molecule has 2 rings (SSSR count). The van der Waals surface area contributed by atoms with E-state index in [0.717, 1.165) is 24.4 Å². The summed E-state index contributed by atoms with van der Waals surface area (Å²) >= 11 is 10.5. The van der Waals surface area contributed by atoms with Crippen LogP contribution in [0.4, 0.5) is 0 Å². The molecule has 0 aliphatic rings. The number of nitrogens with zero attached hydrogens (tertiary/aromatic N) is 4. The van der Waals surface area contributed by atoms with Crippen LogP contribution in [0.15, 0.2) is 37.4 Å². The molecule has 0 saturated carbocycles. The molecule has 2 heterocycles. The van der Waals surface area contributed by atoms with Gasteiger partial charge in [0.15, 0.2) is 5.11 Å². The van der Waals surface area contributed by atoms with Crippen LogP contribution in [0.1, 0.15) is 12.8 Å². The molecule has 2 aromatic rings. The molecule has 0 fully saturated rings. The van der Waals surface area contributed by atoms with E-state index in [1.165, 1.54) is 0 Å². The molecule has 1 N–H and O–H groups in total. The Morgan fingerprint density at radius 3 is 2.33 bits per heavy atom. The van der Waals surface area contributed by atoms with Gasteiger partial charge in [0.05, 0.1) is 11.3 Å². The van der Waals surface area contributed by atoms with Gasteiger partial charge in [0.25, 0.3) is 0 Å². The average molecular weight is 279 g/mol. The predicted molar refractivity (Wildman–Crippen MR) is 77.7 cm³/mol. The third-order valence-corrected chi connectivity index (χ3v) is 3.15. The number of aromatic nitrogens is 4. The topological polar surface area (TPSA) is 47.7 Å². The summed E-state index contributed by atoms with van der Waals surface area (Å²) in [6, 6.07) is 0. The molecule has 2 aromatic heterocycles. The molecule has 0 spiro atoms. The highest BCUT2D eigenvalue weighted by atomic mass is 32.1. The fraction of sp³-hybridized carbons (Fsp3) is 0.273. The maximum absolute atomic E-state index is 5.28. The number of rotatable bonds is 4. The van der Waals surface area contributed by atoms with Gasteiger partial charge in [-0.25, -0.2) is 9.97 Å². The van der Waals surface area contributed by atoms with E-state index in [2.05, 4.69) is 15.3 Å². The Morgan fingerprint density at radius 2 is 1.72 bits per heavy atom. The minimum absolute atomic E-state index is 0.654. The van der Waals surface area contributed by atoms with Crippen molar-refractivity contribution in [1.82, 2.24) is 24.4 Å². The van der Waals surface area contributed by atoms with Gasteiger partial charge in [-0.05, 0) is 18.6 Å². The molecule has 0 bridgehead atoms. The highest BCUT2D eigenvalue weighted by Gasteiger charge is 2.00. The Bertz CT molecular complexity index is 455. The van der Waals surface area contributed by atoms with Crippen LogP contribution in [-0.2, 0) is 0 Å². The maximum atomic E-state index is 5.28. The smallest absolute Gasteiger partial charge is 0.178 e. The van der Waals surface area contributed by atoms with E-state index in [9.17, 15) is 0 Å². The molecule has 0 aromatic carbocycles. The molecule has 0 saturated heterocycles. The summed E-state index contributed by atoms with van der Waals surface area (Å²) in [5.41, 5.74) is 0. The summed E-state index contributed by atoms with van der Waals surface area (Å²) in [4.78, 5) is 8.76. The second-order valence-electron chi connectivity index (χ2n) is 3.67. The second-order valence-corrected chi connectivity index (χ2v) is 4.53. The first-order chi connectivity index (χ1) is 8.77. The lowest BCUT2D eigenvalue weighted by atomic mass is 10.3. The van der Waals surface area contributed by atoms with Crippen LogP contribution in [0.2, 0.25) is 0 Å². The first-order valence-electron chi connectivity index (χ1n) is 5.54. The van der Waals surface area contributed by atoms with E-state index in [4.69, 9.17) is 24.4 Å². The molecule has 0 amide bonds. The molecule has 0 atom stereocenters. The van der Waals surface area contributed by atoms with Gasteiger partial charge in [0, 0.05) is 37.8 Å². The SMILES string of the molecule is S=C(CCCNC(=S)n1ccnc1)n1ccnc1. The van der Waals surface area contributed by atoms with Gasteiger partial charge in [0.2, 0.25) is 0 Å². The Hall–Kier alpha value is -1.60. The third kappa shape index (κ3) is 3.44. The molecule has 0 aliphatic heterocycles. The molecule has 18 heavy (non-hydrogen) atoms. The molecule has 0 unspecified atom stereocenters. The van der Waals surface area contributed by atoms with Crippen molar-refractivity contribution in [2.24, 2.45) is 0 Å². The third-order valence-electron chi connectivity index (χ3n) is 2.37. The van der Waals surface area contributed by atoms with E-state index in [1.54, 1.807) is 29.6 Å². The maximum Gasteiger partial charge on any atom is 0.178 e. The summed E-state index contributed by atoms with van der Waals surface area (Å²) in [5, 5.41) is 3.81. The zero-order valence-corrected chi connectivity index (χ0v) is 11.3. The molecule has 0 aliphatic carbocycles. The van der Waals surface area contributed by atoms with E-state index in [0.29, 0.717) is 5.11 Å². The van der Waals surface area contributed by atoms with Crippen molar-refractivity contribution < 1.29 is 0 Å². The number of hydrogen-bond donors (Lipinski definition) is 1. The highest BCUT2D eigenvalue weighted by Crippen LogP contribution is 1.97. The van der Waals surface area contributed by atoms with Crippen LogP contribution in [0.25, 0.3) is 0 Å². The van der Waals surface area contributed by atoms with Gasteiger partial charge in [-0.1, -0.05) is 12.2 Å². The molecular formula is C11H13N5S2. The van der Waals surface area contributed by atoms with Crippen molar-refractivity contribution >= 4 is 34.5 Å². The number of nitrogens with one attached hydrogen (secondary N) is 1. The van der Waals surface area contributed by atoms with Gasteiger partial charge >= 0.3 is 0 Å². The Labute approximate surface area is 116 Å². The van der Waals surface area contributed by atoms with Gasteiger partial charge in [-0.15, -0.1) is 0 Å². The fourth-order valence-electron chi connectivity index (χ4n) is 1.44. The summed E-state index contributed by atoms with van der Waals surface area (Å²) in [7, 11) is 0. The molecule has 94 valence electrons. The van der Waals surface area contributed by atoms with Gasteiger partial charge in [-0.3, -0.25) is 4.57 Å². The first kappa shape index (κ1) is 12.8. The molecule has 7 heteroatoms. The van der Waals surface area contributed by atoms with Crippen LogP contribution in [-0.4, -0.2) is 35.7 Å². The number of thiocarbonyl (C=S) groups is 2. The lowest BCUT2D eigenvalue weighted by Gasteiger charge is -2.08. The van der Waals surface area contributed by atoms with Crippen LogP contribution >= 0.6 is 24.4 Å². The highest BCUT2D eigenvalue weighted by molar-refractivity contribution is 7.80. The van der Waals surface area contributed by atoms with Crippen molar-refractivity contribution in [3.05, 3.63) is 37.4 Å². The normalized spacial score (nSPS) is 10.2. The minimum Gasteiger partial charge on any atom is -0.362 e. The van der Waals surface area contributed by atoms with Gasteiger partial charge in [0.1, 0.15) is 6.33 Å². The minimum atomic E-state index is 0.654. The summed E-state index contributed by atoms with van der Waals surface area (Å²) in [5.74, 6) is 0. The van der Waals surface area contributed by atoms with Crippen LogP contribution < -0.4 is 5.32 Å². The fourth-order valence-corrected chi connectivity index (χ4v) is 1.90. The van der Waals surface area contributed by atoms with Crippen molar-refractivity contribution in [1.29, 1.82) is 0 Å². The Morgan fingerprint density at radius 1 is 1.06 bits per heavy atom. The van der Waals surface area contributed by atoms with Crippen molar-refractivity contribution in [3.8, 4) is 0 Å². The Kier molecular flexibility index (Phi) is 4.54. The van der Waals surface area contributed by atoms with E-state index in [-0.39, 0.29) is 0 Å². The first-order valence-corrected chi connectivity index (χ1v) is 6.36. The largest absolute Gasteiger partial charge is 0.362 e. The van der Waals surface area contributed by atoms with E-state index in [1.807, 2.05) is 17.0 Å². The summed E-state index contributed by atoms with van der Waals surface area (Å²) < 4.78 is 3.62. The monoisotopic (exact) mass is 279 g/mol.